The van der Waals surface area contributed by atoms with E-state index in [0.717, 1.165) is 29.1 Å². The van der Waals surface area contributed by atoms with E-state index >= 15 is 0 Å². The predicted octanol–water partition coefficient (Wildman–Crippen LogP) is 5.80. The largest absolute Gasteiger partial charge is 0.397 e. The molecule has 0 saturated carbocycles. The maximum Gasteiger partial charge on any atom is 0.163 e. The Hall–Kier alpha value is -2.17. The number of Topliss-reactive ketones (excluding diaryl/α,β-unsaturated/α-hetero) is 1. The number of fused-ring (bicyclic) bond motifs is 1. The second kappa shape index (κ2) is 6.47. The van der Waals surface area contributed by atoms with Crippen LogP contribution in [0.3, 0.4) is 0 Å². The minimum Gasteiger partial charge on any atom is -0.397 e. The van der Waals surface area contributed by atoms with Gasteiger partial charge in [-0.1, -0.05) is 49.2 Å². The van der Waals surface area contributed by atoms with Crippen molar-refractivity contribution in [3.63, 3.8) is 0 Å². The number of ketones is 1. The van der Waals surface area contributed by atoms with Crippen molar-refractivity contribution in [3.8, 4) is 0 Å². The number of hydrogen-bond donors (Lipinski definition) is 3. The molecule has 1 atom stereocenters. The molecule has 0 radical (unpaired) electrons. The second-order valence-corrected chi connectivity index (χ2v) is 8.81. The Labute approximate surface area is 168 Å². The van der Waals surface area contributed by atoms with Crippen LogP contribution in [0.15, 0.2) is 47.7 Å². The molecule has 2 aromatic carbocycles. The van der Waals surface area contributed by atoms with Crippen molar-refractivity contribution in [2.75, 3.05) is 16.4 Å². The standard InChI is InChI=1S/C21H21Cl2N3O/c1-21(2)9-16-18(17(27)10-21)19(12-7-6-11(22)8-13(12)23)25-15-5-3-4-14(24)20(15)26-16/h3-8,19,25-26H,9-10,24H2,1-2H3. The minimum atomic E-state index is -0.371. The number of rotatable bonds is 1. The van der Waals surface area contributed by atoms with E-state index < -0.39 is 0 Å². The third kappa shape index (κ3) is 3.28. The number of benzene rings is 2. The molecule has 2 aromatic rings. The molecular weight excluding hydrogens is 381 g/mol. The van der Waals surface area contributed by atoms with Gasteiger partial charge in [0.05, 0.1) is 23.1 Å². The zero-order valence-electron chi connectivity index (χ0n) is 15.2. The molecule has 27 heavy (non-hydrogen) atoms. The lowest BCUT2D eigenvalue weighted by Gasteiger charge is -2.34. The van der Waals surface area contributed by atoms with Crippen molar-refractivity contribution in [1.82, 2.24) is 0 Å². The number of nitrogens with two attached hydrogens (primary N) is 1. The highest BCUT2D eigenvalue weighted by Crippen LogP contribution is 2.47. The Morgan fingerprint density at radius 2 is 1.93 bits per heavy atom. The Morgan fingerprint density at radius 1 is 1.15 bits per heavy atom. The summed E-state index contributed by atoms with van der Waals surface area (Å²) < 4.78 is 0. The van der Waals surface area contributed by atoms with Gasteiger partial charge in [-0.3, -0.25) is 4.79 Å². The van der Waals surface area contributed by atoms with E-state index in [4.69, 9.17) is 28.9 Å². The molecule has 4 N–H and O–H groups in total. The quantitative estimate of drug-likeness (QED) is 0.528. The van der Waals surface area contributed by atoms with E-state index in [-0.39, 0.29) is 17.2 Å². The number of carbonyl (C=O) groups is 1. The minimum absolute atomic E-state index is 0.114. The van der Waals surface area contributed by atoms with Crippen molar-refractivity contribution in [3.05, 3.63) is 63.3 Å². The van der Waals surface area contributed by atoms with Gasteiger partial charge in [-0.05, 0) is 41.7 Å². The van der Waals surface area contributed by atoms with E-state index in [1.165, 1.54) is 0 Å². The summed E-state index contributed by atoms with van der Waals surface area (Å²) in [6.45, 7) is 4.21. The third-order valence-electron chi connectivity index (χ3n) is 5.15. The van der Waals surface area contributed by atoms with E-state index in [0.29, 0.717) is 27.7 Å². The number of halogens is 2. The third-order valence-corrected chi connectivity index (χ3v) is 5.72. The summed E-state index contributed by atoms with van der Waals surface area (Å²) in [5, 5.41) is 8.02. The van der Waals surface area contributed by atoms with Crippen LogP contribution in [-0.2, 0) is 4.79 Å². The molecule has 4 nitrogen and oxygen atoms in total. The normalized spacial score (nSPS) is 20.9. The van der Waals surface area contributed by atoms with Gasteiger partial charge in [0.25, 0.3) is 0 Å². The van der Waals surface area contributed by atoms with E-state index in [1.807, 2.05) is 24.3 Å². The number of nitrogens with one attached hydrogen (secondary N) is 2. The fourth-order valence-corrected chi connectivity index (χ4v) is 4.48. The van der Waals surface area contributed by atoms with Crippen molar-refractivity contribution in [2.24, 2.45) is 5.41 Å². The van der Waals surface area contributed by atoms with Gasteiger partial charge >= 0.3 is 0 Å². The van der Waals surface area contributed by atoms with Crippen LogP contribution in [0.2, 0.25) is 10.0 Å². The molecule has 1 aliphatic carbocycles. The maximum absolute atomic E-state index is 13.2. The van der Waals surface area contributed by atoms with Crippen molar-refractivity contribution >= 4 is 46.0 Å². The number of hydrogen-bond acceptors (Lipinski definition) is 4. The fraction of sp³-hybridized carbons (Fsp3) is 0.286. The number of allylic oxidation sites excluding steroid dienone is 1. The van der Waals surface area contributed by atoms with Gasteiger partial charge in [-0.2, -0.15) is 0 Å². The molecule has 1 aliphatic heterocycles. The van der Waals surface area contributed by atoms with Crippen LogP contribution in [0.4, 0.5) is 17.1 Å². The molecule has 0 bridgehead atoms. The summed E-state index contributed by atoms with van der Waals surface area (Å²) in [4.78, 5) is 13.2. The summed E-state index contributed by atoms with van der Waals surface area (Å²) in [7, 11) is 0. The maximum atomic E-state index is 13.2. The van der Waals surface area contributed by atoms with E-state index in [2.05, 4.69) is 24.5 Å². The van der Waals surface area contributed by atoms with Crippen molar-refractivity contribution in [1.29, 1.82) is 0 Å². The molecule has 0 spiro atoms. The first kappa shape index (κ1) is 18.2. The second-order valence-electron chi connectivity index (χ2n) is 7.97. The molecule has 0 amide bonds. The fourth-order valence-electron chi connectivity index (χ4n) is 3.96. The highest BCUT2D eigenvalue weighted by molar-refractivity contribution is 6.35. The van der Waals surface area contributed by atoms with Gasteiger partial charge < -0.3 is 16.4 Å². The summed E-state index contributed by atoms with van der Waals surface area (Å²) in [6, 6.07) is 10.7. The smallest absolute Gasteiger partial charge is 0.163 e. The number of carbonyl (C=O) groups excluding carboxylic acids is 1. The topological polar surface area (TPSA) is 67.2 Å². The molecule has 0 aromatic heterocycles. The summed E-state index contributed by atoms with van der Waals surface area (Å²) >= 11 is 12.6. The van der Waals surface area contributed by atoms with Crippen molar-refractivity contribution < 1.29 is 4.79 Å². The van der Waals surface area contributed by atoms with Gasteiger partial charge in [0.1, 0.15) is 0 Å². The highest BCUT2D eigenvalue weighted by Gasteiger charge is 2.39. The van der Waals surface area contributed by atoms with E-state index in [1.54, 1.807) is 12.1 Å². The lowest BCUT2D eigenvalue weighted by molar-refractivity contribution is -0.118. The summed E-state index contributed by atoms with van der Waals surface area (Å²) in [5.41, 5.74) is 10.8. The average Bonchev–Trinajstić information content (AvgIpc) is 2.71. The van der Waals surface area contributed by atoms with Crippen LogP contribution in [-0.4, -0.2) is 5.78 Å². The number of anilines is 3. The van der Waals surface area contributed by atoms with Gasteiger partial charge in [0.2, 0.25) is 0 Å². The van der Waals surface area contributed by atoms with Crippen LogP contribution in [0, 0.1) is 5.41 Å². The molecule has 1 heterocycles. The predicted molar refractivity (Wildman–Crippen MR) is 112 cm³/mol. The van der Waals surface area contributed by atoms with E-state index in [9.17, 15) is 4.79 Å². The summed E-state index contributed by atoms with van der Waals surface area (Å²) in [6.07, 6.45) is 1.24. The Morgan fingerprint density at radius 3 is 2.67 bits per heavy atom. The molecule has 4 rings (SSSR count). The molecule has 6 heteroatoms. The zero-order chi connectivity index (χ0) is 19.3. The zero-order valence-corrected chi connectivity index (χ0v) is 16.7. The molecule has 0 fully saturated rings. The Balaban J connectivity index is 1.93. The first-order valence-electron chi connectivity index (χ1n) is 8.88. The van der Waals surface area contributed by atoms with Crippen LogP contribution in [0.1, 0.15) is 38.3 Å². The molecule has 0 saturated heterocycles. The van der Waals surface area contributed by atoms with Crippen LogP contribution in [0.25, 0.3) is 0 Å². The first-order chi connectivity index (χ1) is 12.7. The highest BCUT2D eigenvalue weighted by atomic mass is 35.5. The average molecular weight is 402 g/mol. The van der Waals surface area contributed by atoms with Crippen LogP contribution < -0.4 is 16.4 Å². The van der Waals surface area contributed by atoms with Crippen LogP contribution in [0.5, 0.6) is 0 Å². The Kier molecular flexibility index (Phi) is 4.36. The monoisotopic (exact) mass is 401 g/mol. The SMILES string of the molecule is CC1(C)CC(=O)C2=C(C1)Nc1c(N)cccc1NC2c1ccc(Cl)cc1Cl. The lowest BCUT2D eigenvalue weighted by atomic mass is 9.73. The summed E-state index contributed by atoms with van der Waals surface area (Å²) in [5.74, 6) is 0.114. The molecule has 2 aliphatic rings. The molecule has 1 unspecified atom stereocenters. The molecular formula is C21H21Cl2N3O. The Bertz CT molecular complexity index is 981. The van der Waals surface area contributed by atoms with Gasteiger partial charge in [-0.15, -0.1) is 0 Å². The first-order valence-corrected chi connectivity index (χ1v) is 9.64. The lowest BCUT2D eigenvalue weighted by Crippen LogP contribution is -2.31. The van der Waals surface area contributed by atoms with Crippen LogP contribution >= 0.6 is 23.2 Å². The number of para-hydroxylation sites is 1. The van der Waals surface area contributed by atoms with Gasteiger partial charge in [-0.25, -0.2) is 0 Å². The van der Waals surface area contributed by atoms with Gasteiger partial charge in [0, 0.05) is 27.7 Å². The number of nitrogen functional groups attached to an aromatic ring is 1. The van der Waals surface area contributed by atoms with Crippen molar-refractivity contribution in [2.45, 2.75) is 32.7 Å². The van der Waals surface area contributed by atoms with Gasteiger partial charge in [0.15, 0.2) is 5.78 Å². The molecule has 140 valence electrons.